The van der Waals surface area contributed by atoms with E-state index in [1.165, 1.54) is 0 Å². The van der Waals surface area contributed by atoms with Crippen molar-refractivity contribution in [1.82, 2.24) is 14.9 Å². The van der Waals surface area contributed by atoms with Crippen LogP contribution in [0.2, 0.25) is 0 Å². The van der Waals surface area contributed by atoms with E-state index in [0.29, 0.717) is 31.3 Å². The van der Waals surface area contributed by atoms with Gasteiger partial charge in [0.25, 0.3) is 5.91 Å². The van der Waals surface area contributed by atoms with Gasteiger partial charge in [-0.2, -0.15) is 0 Å². The van der Waals surface area contributed by atoms with Gasteiger partial charge in [-0.05, 0) is 51.3 Å². The van der Waals surface area contributed by atoms with Gasteiger partial charge in [-0.3, -0.25) is 4.79 Å². The number of amides is 2. The minimum atomic E-state index is -0.278. The van der Waals surface area contributed by atoms with E-state index < -0.39 is 0 Å². The largest absolute Gasteiger partial charge is 0.450 e. The van der Waals surface area contributed by atoms with Crippen LogP contribution in [0.25, 0.3) is 0 Å². The fourth-order valence-corrected chi connectivity index (χ4v) is 3.30. The predicted octanol–water partition coefficient (Wildman–Crippen LogP) is 3.38. The average molecular weight is 397 g/mol. The number of rotatable bonds is 5. The summed E-state index contributed by atoms with van der Waals surface area (Å²) in [6.45, 7) is 7.37. The Labute approximate surface area is 170 Å². The molecule has 154 valence electrons. The van der Waals surface area contributed by atoms with E-state index in [9.17, 15) is 9.59 Å². The second-order valence-corrected chi connectivity index (χ2v) is 7.14. The van der Waals surface area contributed by atoms with E-state index in [4.69, 9.17) is 4.74 Å². The molecule has 0 saturated carbocycles. The van der Waals surface area contributed by atoms with Crippen molar-refractivity contribution in [3.8, 4) is 0 Å². The Morgan fingerprint density at radius 2 is 1.97 bits per heavy atom. The van der Waals surface area contributed by atoms with E-state index >= 15 is 0 Å². The van der Waals surface area contributed by atoms with E-state index in [0.717, 1.165) is 29.7 Å². The first kappa shape index (κ1) is 20.6. The van der Waals surface area contributed by atoms with E-state index in [1.807, 2.05) is 32.0 Å². The van der Waals surface area contributed by atoms with Crippen molar-refractivity contribution in [3.05, 3.63) is 47.3 Å². The Morgan fingerprint density at radius 1 is 1.21 bits per heavy atom. The lowest BCUT2D eigenvalue weighted by Gasteiger charge is -2.31. The van der Waals surface area contributed by atoms with Gasteiger partial charge in [-0.15, -0.1) is 0 Å². The smallest absolute Gasteiger partial charge is 0.409 e. The molecular formula is C21H27N5O3. The molecule has 1 fully saturated rings. The van der Waals surface area contributed by atoms with Gasteiger partial charge in [-0.25, -0.2) is 14.8 Å². The lowest BCUT2D eigenvalue weighted by atomic mass is 10.1. The zero-order valence-corrected chi connectivity index (χ0v) is 17.1. The predicted molar refractivity (Wildman–Crippen MR) is 111 cm³/mol. The number of aromatic nitrogens is 2. The zero-order valence-electron chi connectivity index (χ0n) is 17.1. The second kappa shape index (κ2) is 9.36. The summed E-state index contributed by atoms with van der Waals surface area (Å²) in [6, 6.07) is 7.59. The highest BCUT2D eigenvalue weighted by molar-refractivity contribution is 6.03. The summed E-state index contributed by atoms with van der Waals surface area (Å²) in [5.74, 6) is 0.132. The molecule has 0 spiro atoms. The van der Waals surface area contributed by atoms with Crippen molar-refractivity contribution in [2.75, 3.05) is 30.3 Å². The minimum Gasteiger partial charge on any atom is -0.450 e. The summed E-state index contributed by atoms with van der Waals surface area (Å²) in [4.78, 5) is 34.7. The van der Waals surface area contributed by atoms with Crippen molar-refractivity contribution in [2.24, 2.45) is 0 Å². The van der Waals surface area contributed by atoms with Crippen molar-refractivity contribution < 1.29 is 14.3 Å². The molecule has 2 heterocycles. The van der Waals surface area contributed by atoms with Crippen LogP contribution in [0.4, 0.5) is 16.4 Å². The molecule has 1 aliphatic heterocycles. The van der Waals surface area contributed by atoms with Crippen molar-refractivity contribution in [3.63, 3.8) is 0 Å². The van der Waals surface area contributed by atoms with Crippen LogP contribution in [-0.4, -0.2) is 52.6 Å². The molecule has 0 atom stereocenters. The third-order valence-electron chi connectivity index (χ3n) is 4.87. The molecule has 1 aromatic carbocycles. The van der Waals surface area contributed by atoms with Crippen molar-refractivity contribution >= 4 is 23.6 Å². The maximum atomic E-state index is 12.6. The molecule has 2 N–H and O–H groups in total. The van der Waals surface area contributed by atoms with Crippen molar-refractivity contribution in [2.45, 2.75) is 39.7 Å². The van der Waals surface area contributed by atoms with Gasteiger partial charge in [-0.1, -0.05) is 17.7 Å². The molecule has 1 saturated heterocycles. The molecule has 0 aliphatic carbocycles. The summed E-state index contributed by atoms with van der Waals surface area (Å²) in [5.41, 5.74) is 3.20. The number of carbonyl (C=O) groups is 2. The van der Waals surface area contributed by atoms with Crippen LogP contribution in [0.5, 0.6) is 0 Å². The molecule has 8 nitrogen and oxygen atoms in total. The van der Waals surface area contributed by atoms with Crippen LogP contribution >= 0.6 is 0 Å². The lowest BCUT2D eigenvalue weighted by molar-refractivity contribution is 0.0980. The number of piperidine rings is 1. The topological polar surface area (TPSA) is 96.5 Å². The number of hydrogen-bond donors (Lipinski definition) is 2. The molecule has 2 amide bonds. The SMILES string of the molecule is CCOC(=O)N1CCC(Nc2nccc(C(=O)Nc3ccc(C)cc3C)n2)CC1. The molecule has 3 rings (SSSR count). The second-order valence-electron chi connectivity index (χ2n) is 7.14. The number of ether oxygens (including phenoxy) is 1. The Kier molecular flexibility index (Phi) is 6.64. The molecular weight excluding hydrogens is 370 g/mol. The van der Waals surface area contributed by atoms with Gasteiger partial charge in [0.1, 0.15) is 5.69 Å². The van der Waals surface area contributed by atoms with Crippen LogP contribution < -0.4 is 10.6 Å². The molecule has 0 bridgehead atoms. The van der Waals surface area contributed by atoms with Crippen LogP contribution in [0.3, 0.4) is 0 Å². The van der Waals surface area contributed by atoms with Gasteiger partial charge in [0.15, 0.2) is 0 Å². The number of benzene rings is 1. The fourth-order valence-electron chi connectivity index (χ4n) is 3.30. The standard InChI is InChI=1S/C21H27N5O3/c1-4-29-21(28)26-11-8-16(9-12-26)23-20-22-10-7-18(25-20)19(27)24-17-6-5-14(2)13-15(17)3/h5-7,10,13,16H,4,8-9,11-12H2,1-3H3,(H,24,27)(H,22,23,25). The van der Waals surface area contributed by atoms with Crippen LogP contribution in [0.15, 0.2) is 30.5 Å². The number of anilines is 2. The Bertz CT molecular complexity index is 878. The number of nitrogens with one attached hydrogen (secondary N) is 2. The Hall–Kier alpha value is -3.16. The number of carbonyl (C=O) groups excluding carboxylic acids is 2. The highest BCUT2D eigenvalue weighted by Gasteiger charge is 2.24. The van der Waals surface area contributed by atoms with Gasteiger partial charge in [0, 0.05) is 31.0 Å². The van der Waals surface area contributed by atoms with Gasteiger partial charge >= 0.3 is 6.09 Å². The quantitative estimate of drug-likeness (QED) is 0.803. The van der Waals surface area contributed by atoms with Gasteiger partial charge in [0.05, 0.1) is 6.61 Å². The first-order valence-corrected chi connectivity index (χ1v) is 9.86. The lowest BCUT2D eigenvalue weighted by Crippen LogP contribution is -2.42. The number of nitrogens with zero attached hydrogens (tertiary/aromatic N) is 3. The number of hydrogen-bond acceptors (Lipinski definition) is 6. The third-order valence-corrected chi connectivity index (χ3v) is 4.87. The minimum absolute atomic E-state index is 0.137. The summed E-state index contributed by atoms with van der Waals surface area (Å²) in [5, 5.41) is 6.17. The van der Waals surface area contributed by atoms with E-state index in [1.54, 1.807) is 24.1 Å². The van der Waals surface area contributed by atoms with Gasteiger partial charge in [0.2, 0.25) is 5.95 Å². The summed E-state index contributed by atoms with van der Waals surface area (Å²) >= 11 is 0. The maximum absolute atomic E-state index is 12.6. The number of aryl methyl sites for hydroxylation is 2. The fraction of sp³-hybridized carbons (Fsp3) is 0.429. The average Bonchev–Trinajstić information content (AvgIpc) is 2.71. The summed E-state index contributed by atoms with van der Waals surface area (Å²) in [7, 11) is 0. The summed E-state index contributed by atoms with van der Waals surface area (Å²) in [6.07, 6.45) is 2.83. The number of likely N-dealkylation sites (tertiary alicyclic amines) is 1. The van der Waals surface area contributed by atoms with E-state index in [-0.39, 0.29) is 18.0 Å². The highest BCUT2D eigenvalue weighted by atomic mass is 16.6. The van der Waals surface area contributed by atoms with E-state index in [2.05, 4.69) is 20.6 Å². The zero-order chi connectivity index (χ0) is 20.8. The summed E-state index contributed by atoms with van der Waals surface area (Å²) < 4.78 is 5.04. The molecule has 2 aromatic rings. The molecule has 1 aromatic heterocycles. The Morgan fingerprint density at radius 3 is 2.66 bits per heavy atom. The Balaban J connectivity index is 1.58. The normalized spacial score (nSPS) is 14.4. The van der Waals surface area contributed by atoms with Gasteiger partial charge < -0.3 is 20.3 Å². The molecule has 1 aliphatic rings. The first-order valence-electron chi connectivity index (χ1n) is 9.86. The monoisotopic (exact) mass is 397 g/mol. The van der Waals surface area contributed by atoms with Crippen molar-refractivity contribution in [1.29, 1.82) is 0 Å². The molecule has 0 radical (unpaired) electrons. The van der Waals surface area contributed by atoms with Crippen LogP contribution in [0, 0.1) is 13.8 Å². The molecule has 0 unspecified atom stereocenters. The molecule has 29 heavy (non-hydrogen) atoms. The highest BCUT2D eigenvalue weighted by Crippen LogP contribution is 2.18. The van der Waals surface area contributed by atoms with Crippen LogP contribution in [-0.2, 0) is 4.74 Å². The first-order chi connectivity index (χ1) is 14.0. The molecule has 8 heteroatoms. The maximum Gasteiger partial charge on any atom is 0.409 e. The van der Waals surface area contributed by atoms with Crippen LogP contribution in [0.1, 0.15) is 41.4 Å². The third kappa shape index (κ3) is 5.43.